The number of hydrogen-bond acceptors (Lipinski definition) is 3. The van der Waals surface area contributed by atoms with Gasteiger partial charge in [0.1, 0.15) is 11.5 Å². The standard InChI is InChI=1S/C16H20N2O3/c19-11-4-5-14-12(10-11)13-6-7-17-15(20)16(13,21-14)18-8-2-1-3-9-18/h4-5,10,13,19H,1-3,6-9H2,(H,17,20)/p+1/t13-,16+/m0/s1. The van der Waals surface area contributed by atoms with Gasteiger partial charge in [0.15, 0.2) is 0 Å². The number of hydrogen-bond donors (Lipinski definition) is 3. The maximum absolute atomic E-state index is 12.7. The number of ether oxygens (including phenoxy) is 1. The van der Waals surface area contributed by atoms with E-state index in [9.17, 15) is 9.90 Å². The summed E-state index contributed by atoms with van der Waals surface area (Å²) in [7, 11) is 0. The van der Waals surface area contributed by atoms with Crippen LogP contribution in [-0.4, -0.2) is 36.4 Å². The summed E-state index contributed by atoms with van der Waals surface area (Å²) < 4.78 is 6.25. The van der Waals surface area contributed by atoms with Crippen LogP contribution in [0.25, 0.3) is 0 Å². The first kappa shape index (κ1) is 13.0. The highest BCUT2D eigenvalue weighted by Gasteiger charge is 2.63. The largest absolute Gasteiger partial charge is 0.508 e. The lowest BCUT2D eigenvalue weighted by atomic mass is 9.82. The molecule has 0 radical (unpaired) electrons. The van der Waals surface area contributed by atoms with Crippen LogP contribution in [0.15, 0.2) is 18.2 Å². The molecule has 3 aliphatic rings. The molecule has 3 aliphatic heterocycles. The topological polar surface area (TPSA) is 63.0 Å². The van der Waals surface area contributed by atoms with E-state index in [2.05, 4.69) is 5.32 Å². The number of aromatic hydroxyl groups is 1. The van der Waals surface area contributed by atoms with E-state index < -0.39 is 5.72 Å². The van der Waals surface area contributed by atoms with E-state index in [4.69, 9.17) is 4.74 Å². The lowest BCUT2D eigenvalue weighted by Gasteiger charge is -2.43. The van der Waals surface area contributed by atoms with Crippen molar-refractivity contribution in [2.75, 3.05) is 19.6 Å². The predicted octanol–water partition coefficient (Wildman–Crippen LogP) is 0.153. The Hall–Kier alpha value is -1.75. The molecule has 1 amide bonds. The van der Waals surface area contributed by atoms with Gasteiger partial charge in [-0.2, -0.15) is 0 Å². The maximum atomic E-state index is 12.7. The normalized spacial score (nSPS) is 32.0. The van der Waals surface area contributed by atoms with Crippen molar-refractivity contribution in [3.63, 3.8) is 0 Å². The Morgan fingerprint density at radius 1 is 1.29 bits per heavy atom. The van der Waals surface area contributed by atoms with Crippen molar-refractivity contribution < 1.29 is 19.5 Å². The fourth-order valence-electron chi connectivity index (χ4n) is 4.22. The molecular weight excluding hydrogens is 268 g/mol. The number of amides is 1. The van der Waals surface area contributed by atoms with Gasteiger partial charge >= 0.3 is 11.6 Å². The number of carbonyl (C=O) groups is 1. The van der Waals surface area contributed by atoms with Crippen molar-refractivity contribution in [3.05, 3.63) is 23.8 Å². The number of fused-ring (bicyclic) bond motifs is 3. The van der Waals surface area contributed by atoms with Crippen molar-refractivity contribution in [3.8, 4) is 11.5 Å². The molecule has 0 aliphatic carbocycles. The molecule has 1 aromatic rings. The zero-order chi connectivity index (χ0) is 14.4. The Labute approximate surface area is 123 Å². The minimum absolute atomic E-state index is 0.00587. The van der Waals surface area contributed by atoms with Gasteiger partial charge in [0, 0.05) is 12.1 Å². The van der Waals surface area contributed by atoms with Crippen LogP contribution >= 0.6 is 0 Å². The molecule has 0 spiro atoms. The summed E-state index contributed by atoms with van der Waals surface area (Å²) in [5.41, 5.74) is 0.164. The van der Waals surface area contributed by atoms with Crippen LogP contribution in [0.4, 0.5) is 0 Å². The number of benzene rings is 1. The van der Waals surface area contributed by atoms with E-state index in [0.29, 0.717) is 6.54 Å². The maximum Gasteiger partial charge on any atom is 0.328 e. The van der Waals surface area contributed by atoms with Crippen LogP contribution in [0, 0.1) is 0 Å². The fourth-order valence-corrected chi connectivity index (χ4v) is 4.22. The van der Waals surface area contributed by atoms with Crippen molar-refractivity contribution in [1.29, 1.82) is 0 Å². The van der Waals surface area contributed by atoms with Crippen LogP contribution in [-0.2, 0) is 4.79 Å². The Morgan fingerprint density at radius 3 is 2.90 bits per heavy atom. The Bertz CT molecular complexity index is 583. The third-order valence-electron chi connectivity index (χ3n) is 5.17. The molecule has 1 aromatic carbocycles. The van der Waals surface area contributed by atoms with Crippen LogP contribution in [0.2, 0.25) is 0 Å². The van der Waals surface area contributed by atoms with E-state index in [1.54, 1.807) is 18.2 Å². The zero-order valence-corrected chi connectivity index (χ0v) is 12.0. The summed E-state index contributed by atoms with van der Waals surface area (Å²) in [6.07, 6.45) is 4.38. The minimum Gasteiger partial charge on any atom is -0.508 e. The van der Waals surface area contributed by atoms with Gasteiger partial charge in [-0.15, -0.1) is 0 Å². The molecule has 3 heterocycles. The van der Waals surface area contributed by atoms with Gasteiger partial charge in [-0.1, -0.05) is 0 Å². The molecule has 21 heavy (non-hydrogen) atoms. The molecule has 0 aromatic heterocycles. The molecule has 0 saturated carbocycles. The van der Waals surface area contributed by atoms with E-state index in [1.165, 1.54) is 11.3 Å². The van der Waals surface area contributed by atoms with Crippen molar-refractivity contribution in [2.24, 2.45) is 0 Å². The lowest BCUT2D eigenvalue weighted by molar-refractivity contribution is -0.967. The SMILES string of the molecule is O=C1NCC[C@H]2c3cc(O)ccc3O[C@@]12[NH+]1CCCCC1. The second kappa shape index (κ2) is 4.63. The highest BCUT2D eigenvalue weighted by molar-refractivity contribution is 5.87. The lowest BCUT2D eigenvalue weighted by Crippen LogP contribution is -3.24. The predicted molar refractivity (Wildman–Crippen MR) is 76.4 cm³/mol. The second-order valence-electron chi connectivity index (χ2n) is 6.32. The average Bonchev–Trinajstić information content (AvgIpc) is 2.85. The van der Waals surface area contributed by atoms with Crippen molar-refractivity contribution in [1.82, 2.24) is 5.32 Å². The number of likely N-dealkylation sites (tertiary alicyclic amines) is 1. The average molecular weight is 289 g/mol. The molecule has 5 heteroatoms. The second-order valence-corrected chi connectivity index (χ2v) is 6.32. The van der Waals surface area contributed by atoms with Gasteiger partial charge in [0.25, 0.3) is 0 Å². The number of carbonyl (C=O) groups excluding carboxylic acids is 1. The number of quaternary nitrogens is 1. The number of nitrogens with one attached hydrogen (secondary N) is 2. The number of rotatable bonds is 1. The smallest absolute Gasteiger partial charge is 0.328 e. The third-order valence-corrected chi connectivity index (χ3v) is 5.17. The number of phenols is 1. The monoisotopic (exact) mass is 289 g/mol. The summed E-state index contributed by atoms with van der Waals surface area (Å²) >= 11 is 0. The molecule has 2 saturated heterocycles. The summed E-state index contributed by atoms with van der Waals surface area (Å²) in [6.45, 7) is 2.63. The molecule has 3 N–H and O–H groups in total. The molecule has 2 atom stereocenters. The van der Waals surface area contributed by atoms with Crippen LogP contribution < -0.4 is 15.0 Å². The first-order valence-electron chi connectivity index (χ1n) is 7.87. The molecular formula is C16H21N2O3+. The number of phenolic OH excluding ortho intramolecular Hbond substituents is 1. The summed E-state index contributed by atoms with van der Waals surface area (Å²) in [4.78, 5) is 14.0. The quantitative estimate of drug-likeness (QED) is 0.690. The molecule has 112 valence electrons. The van der Waals surface area contributed by atoms with Crippen LogP contribution in [0.3, 0.4) is 0 Å². The fraction of sp³-hybridized carbons (Fsp3) is 0.562. The van der Waals surface area contributed by atoms with Gasteiger partial charge in [-0.3, -0.25) is 9.69 Å². The van der Waals surface area contributed by atoms with Gasteiger partial charge in [-0.05, 0) is 43.9 Å². The molecule has 4 rings (SSSR count). The number of piperidine rings is 2. The van der Waals surface area contributed by atoms with Gasteiger partial charge in [0.05, 0.1) is 19.0 Å². The molecule has 5 nitrogen and oxygen atoms in total. The Morgan fingerprint density at radius 2 is 2.10 bits per heavy atom. The van der Waals surface area contributed by atoms with Gasteiger partial charge in [0.2, 0.25) is 0 Å². The Kier molecular flexibility index (Phi) is 2.85. The van der Waals surface area contributed by atoms with E-state index in [-0.39, 0.29) is 17.6 Å². The van der Waals surface area contributed by atoms with E-state index in [1.807, 2.05) is 0 Å². The zero-order valence-electron chi connectivity index (χ0n) is 12.0. The van der Waals surface area contributed by atoms with Gasteiger partial charge in [-0.25, -0.2) is 0 Å². The third kappa shape index (κ3) is 1.77. The molecule has 0 bridgehead atoms. The Balaban J connectivity index is 1.80. The highest BCUT2D eigenvalue weighted by atomic mass is 16.5. The molecule has 2 fully saturated rings. The van der Waals surface area contributed by atoms with Gasteiger partial charge < -0.3 is 15.2 Å². The van der Waals surface area contributed by atoms with Crippen molar-refractivity contribution >= 4 is 5.91 Å². The molecule has 0 unspecified atom stereocenters. The summed E-state index contributed by atoms with van der Waals surface area (Å²) in [5.74, 6) is 1.05. The van der Waals surface area contributed by atoms with Crippen molar-refractivity contribution in [2.45, 2.75) is 37.3 Å². The minimum atomic E-state index is -0.825. The first-order valence-corrected chi connectivity index (χ1v) is 7.87. The summed E-state index contributed by atoms with van der Waals surface area (Å²) in [6, 6.07) is 5.19. The van der Waals surface area contributed by atoms with Crippen LogP contribution in [0.1, 0.15) is 37.2 Å². The highest BCUT2D eigenvalue weighted by Crippen LogP contribution is 2.46. The van der Waals surface area contributed by atoms with E-state index >= 15 is 0 Å². The van der Waals surface area contributed by atoms with Crippen LogP contribution in [0.5, 0.6) is 11.5 Å². The summed E-state index contributed by atoms with van der Waals surface area (Å²) in [5, 5.41) is 12.8. The first-order chi connectivity index (χ1) is 10.2. The van der Waals surface area contributed by atoms with E-state index in [0.717, 1.165) is 43.7 Å².